The van der Waals surface area contributed by atoms with Gasteiger partial charge in [0.05, 0.1) is 29.9 Å². The summed E-state index contributed by atoms with van der Waals surface area (Å²) in [5, 5.41) is 2.72. The molecular formula is C25H22F7N2O2+. The highest BCUT2D eigenvalue weighted by Crippen LogP contribution is 2.36. The third-order valence-corrected chi connectivity index (χ3v) is 5.33. The molecule has 0 saturated heterocycles. The first-order valence-electron chi connectivity index (χ1n) is 10.7. The van der Waals surface area contributed by atoms with Gasteiger partial charge >= 0.3 is 12.4 Å². The molecule has 0 fully saturated rings. The Kier molecular flexibility index (Phi) is 8.34. The summed E-state index contributed by atoms with van der Waals surface area (Å²) in [6, 6.07) is 9.76. The van der Waals surface area contributed by atoms with Gasteiger partial charge in [-0.05, 0) is 41.5 Å². The van der Waals surface area contributed by atoms with Crippen LogP contribution in [0.25, 0.3) is 0 Å². The highest BCUT2D eigenvalue weighted by Gasteiger charge is 2.36. The van der Waals surface area contributed by atoms with Gasteiger partial charge in [0.1, 0.15) is 12.9 Å². The molecular weight excluding hydrogens is 493 g/mol. The summed E-state index contributed by atoms with van der Waals surface area (Å²) < 4.78 is 99.2. The number of hydrogen-bond acceptors (Lipinski definition) is 2. The number of halogens is 7. The average molecular weight is 515 g/mol. The zero-order chi connectivity index (χ0) is 26.5. The Balaban J connectivity index is 1.73. The number of hydrogen-bond donors (Lipinski definition) is 1. The van der Waals surface area contributed by atoms with Crippen molar-refractivity contribution in [3.8, 4) is 0 Å². The van der Waals surface area contributed by atoms with Gasteiger partial charge in [-0.1, -0.05) is 12.1 Å². The highest BCUT2D eigenvalue weighted by atomic mass is 19.4. The van der Waals surface area contributed by atoms with E-state index in [1.165, 1.54) is 24.3 Å². The van der Waals surface area contributed by atoms with E-state index in [1.54, 1.807) is 36.1 Å². The van der Waals surface area contributed by atoms with Crippen LogP contribution in [0.15, 0.2) is 67.0 Å². The molecule has 1 aromatic heterocycles. The Labute approximate surface area is 202 Å². The first-order chi connectivity index (χ1) is 16.8. The van der Waals surface area contributed by atoms with Crippen LogP contribution in [0.5, 0.6) is 0 Å². The summed E-state index contributed by atoms with van der Waals surface area (Å²) in [6.07, 6.45) is -6.57. The second-order valence-electron chi connectivity index (χ2n) is 8.14. The molecule has 1 amide bonds. The van der Waals surface area contributed by atoms with Gasteiger partial charge in [-0.15, -0.1) is 0 Å². The zero-order valence-electron chi connectivity index (χ0n) is 19.0. The quantitative estimate of drug-likeness (QED) is 0.322. The summed E-state index contributed by atoms with van der Waals surface area (Å²) in [4.78, 5) is 12.5. The summed E-state index contributed by atoms with van der Waals surface area (Å²) in [5.41, 5.74) is -2.23. The molecule has 0 radical (unpaired) electrons. The number of pyridine rings is 1. The van der Waals surface area contributed by atoms with E-state index in [2.05, 4.69) is 5.32 Å². The van der Waals surface area contributed by atoms with Crippen molar-refractivity contribution in [3.63, 3.8) is 0 Å². The summed E-state index contributed by atoms with van der Waals surface area (Å²) in [5.74, 6) is -1.44. The number of benzene rings is 2. The molecule has 2 aromatic carbocycles. The van der Waals surface area contributed by atoms with Crippen molar-refractivity contribution in [2.24, 2.45) is 7.05 Å². The van der Waals surface area contributed by atoms with E-state index < -0.39 is 47.7 Å². The molecule has 3 aromatic rings. The van der Waals surface area contributed by atoms with Crippen molar-refractivity contribution in [2.45, 2.75) is 24.9 Å². The number of alkyl halides is 6. The normalized spacial score (nSPS) is 12.9. The van der Waals surface area contributed by atoms with Crippen molar-refractivity contribution < 1.29 is 44.8 Å². The van der Waals surface area contributed by atoms with Gasteiger partial charge in [0, 0.05) is 24.6 Å². The van der Waals surface area contributed by atoms with Crippen molar-refractivity contribution >= 4 is 5.91 Å². The minimum Gasteiger partial charge on any atom is -0.376 e. The average Bonchev–Trinajstić information content (AvgIpc) is 2.81. The molecule has 3 rings (SSSR count). The Morgan fingerprint density at radius 2 is 1.47 bits per heavy atom. The molecule has 11 heteroatoms. The van der Waals surface area contributed by atoms with Gasteiger partial charge in [-0.25, -0.2) is 8.96 Å². The second kappa shape index (κ2) is 11.1. The molecule has 0 bridgehead atoms. The number of nitrogens with zero attached hydrogens (tertiary/aromatic N) is 1. The molecule has 4 nitrogen and oxygen atoms in total. The first kappa shape index (κ1) is 27.1. The van der Waals surface area contributed by atoms with E-state index in [0.29, 0.717) is 23.3 Å². The maximum atomic E-state index is 13.4. The second-order valence-corrected chi connectivity index (χ2v) is 8.14. The predicted octanol–water partition coefficient (Wildman–Crippen LogP) is 5.42. The molecule has 1 unspecified atom stereocenters. The highest BCUT2D eigenvalue weighted by molar-refractivity contribution is 5.93. The summed E-state index contributed by atoms with van der Waals surface area (Å²) >= 11 is 0. The van der Waals surface area contributed by atoms with Gasteiger partial charge in [0.2, 0.25) is 0 Å². The lowest BCUT2D eigenvalue weighted by molar-refractivity contribution is -0.671. The van der Waals surface area contributed by atoms with Crippen LogP contribution < -0.4 is 9.88 Å². The Morgan fingerprint density at radius 3 is 2.00 bits per heavy atom. The maximum Gasteiger partial charge on any atom is 0.416 e. The van der Waals surface area contributed by atoms with Gasteiger partial charge in [0.25, 0.3) is 5.91 Å². The molecule has 1 N–H and O–H groups in total. The van der Waals surface area contributed by atoms with E-state index in [0.717, 1.165) is 0 Å². The van der Waals surface area contributed by atoms with Crippen molar-refractivity contribution in [3.05, 3.63) is 101 Å². The van der Waals surface area contributed by atoms with Crippen LogP contribution in [0.1, 0.15) is 38.5 Å². The fraction of sp³-hybridized carbons (Fsp3) is 0.280. The molecule has 1 atom stereocenters. The standard InChI is InChI=1S/C25H21F7N2O2/c1-34-8-6-18(7-9-34)23(35)33-13-19(17-2-4-22(26)5-3-17)15-36-14-16-10-20(24(27,28)29)12-21(11-16)25(30,31)32/h2-12,19H,13-15H2,1H3/p+1. The summed E-state index contributed by atoms with van der Waals surface area (Å²) in [7, 11) is 1.78. The topological polar surface area (TPSA) is 42.2 Å². The number of aryl methyl sites for hydroxylation is 1. The van der Waals surface area contributed by atoms with Gasteiger partial charge < -0.3 is 10.1 Å². The molecule has 36 heavy (non-hydrogen) atoms. The molecule has 192 valence electrons. The molecule has 1 heterocycles. The van der Waals surface area contributed by atoms with E-state index in [9.17, 15) is 35.5 Å². The van der Waals surface area contributed by atoms with Crippen molar-refractivity contribution in [1.82, 2.24) is 5.32 Å². The minimum absolute atomic E-state index is 0.0296. The Morgan fingerprint density at radius 1 is 0.917 bits per heavy atom. The van der Waals surface area contributed by atoms with Crippen LogP contribution in [0.2, 0.25) is 0 Å². The van der Waals surface area contributed by atoms with Gasteiger partial charge in [-0.3, -0.25) is 4.79 Å². The summed E-state index contributed by atoms with van der Waals surface area (Å²) in [6.45, 7) is -0.664. The number of nitrogens with one attached hydrogen (secondary N) is 1. The minimum atomic E-state index is -4.97. The largest absolute Gasteiger partial charge is 0.416 e. The number of rotatable bonds is 8. The number of carbonyl (C=O) groups is 1. The van der Waals surface area contributed by atoms with Gasteiger partial charge in [-0.2, -0.15) is 26.3 Å². The van der Waals surface area contributed by atoms with Crippen LogP contribution in [-0.2, 0) is 30.7 Å². The Hall–Kier alpha value is -3.47. The smallest absolute Gasteiger partial charge is 0.376 e. The fourth-order valence-electron chi connectivity index (χ4n) is 3.40. The van der Waals surface area contributed by atoms with E-state index in [4.69, 9.17) is 4.74 Å². The van der Waals surface area contributed by atoms with Crippen LogP contribution in [0.3, 0.4) is 0 Å². The number of amides is 1. The van der Waals surface area contributed by atoms with Crippen LogP contribution in [0, 0.1) is 5.82 Å². The number of carbonyl (C=O) groups excluding carboxylic acids is 1. The fourth-order valence-corrected chi connectivity index (χ4v) is 3.40. The third kappa shape index (κ3) is 7.51. The third-order valence-electron chi connectivity index (χ3n) is 5.33. The van der Waals surface area contributed by atoms with Crippen LogP contribution in [-0.4, -0.2) is 19.1 Å². The zero-order valence-corrected chi connectivity index (χ0v) is 19.0. The first-order valence-corrected chi connectivity index (χ1v) is 10.7. The predicted molar refractivity (Wildman–Crippen MR) is 115 cm³/mol. The monoisotopic (exact) mass is 515 g/mol. The lowest BCUT2D eigenvalue weighted by Gasteiger charge is -2.19. The number of ether oxygens (including phenoxy) is 1. The molecule has 0 spiro atoms. The molecule has 0 saturated carbocycles. The SMILES string of the molecule is C[n+]1ccc(C(=O)NCC(COCc2cc(C(F)(F)F)cc(C(F)(F)F)c2)c2ccc(F)cc2)cc1. The van der Waals surface area contributed by atoms with Crippen molar-refractivity contribution in [1.29, 1.82) is 0 Å². The van der Waals surface area contributed by atoms with E-state index in [-0.39, 0.29) is 24.8 Å². The lowest BCUT2D eigenvalue weighted by Crippen LogP contribution is -2.32. The molecule has 0 aliphatic heterocycles. The lowest BCUT2D eigenvalue weighted by atomic mass is 9.99. The van der Waals surface area contributed by atoms with Crippen LogP contribution >= 0.6 is 0 Å². The molecule has 0 aliphatic rings. The van der Waals surface area contributed by atoms with E-state index >= 15 is 0 Å². The number of aromatic nitrogens is 1. The maximum absolute atomic E-state index is 13.4. The van der Waals surface area contributed by atoms with Crippen LogP contribution in [0.4, 0.5) is 30.7 Å². The van der Waals surface area contributed by atoms with Crippen molar-refractivity contribution in [2.75, 3.05) is 13.2 Å². The van der Waals surface area contributed by atoms with E-state index in [1.807, 2.05) is 0 Å². The molecule has 0 aliphatic carbocycles. The van der Waals surface area contributed by atoms with Gasteiger partial charge in [0.15, 0.2) is 12.4 Å². The Bertz CT molecular complexity index is 1140.